The van der Waals surface area contributed by atoms with Crippen molar-refractivity contribution in [3.05, 3.63) is 29.3 Å². The van der Waals surface area contributed by atoms with Crippen LogP contribution in [0.4, 0.5) is 5.69 Å². The van der Waals surface area contributed by atoms with Gasteiger partial charge in [0.2, 0.25) is 5.91 Å². The number of amides is 1. The van der Waals surface area contributed by atoms with Crippen LogP contribution in [0.15, 0.2) is 18.2 Å². The van der Waals surface area contributed by atoms with Crippen LogP contribution in [-0.4, -0.2) is 17.0 Å². The molecule has 1 aromatic rings. The van der Waals surface area contributed by atoms with Crippen molar-refractivity contribution < 1.29 is 14.7 Å². The number of hydrogen-bond acceptors (Lipinski definition) is 2. The first-order chi connectivity index (χ1) is 9.63. The predicted molar refractivity (Wildman–Crippen MR) is 75.8 cm³/mol. The van der Waals surface area contributed by atoms with Crippen LogP contribution in [-0.2, 0) is 21.4 Å². The van der Waals surface area contributed by atoms with Gasteiger partial charge in [-0.3, -0.25) is 9.59 Å². The van der Waals surface area contributed by atoms with Gasteiger partial charge >= 0.3 is 5.97 Å². The molecule has 0 spiro atoms. The number of para-hydroxylation sites is 1. The molecule has 1 fully saturated rings. The van der Waals surface area contributed by atoms with E-state index in [4.69, 9.17) is 0 Å². The zero-order valence-electron chi connectivity index (χ0n) is 11.4. The SMILES string of the molecule is O=C1CCc2cccc(C3(C(=O)O)CCCCC3)c2N1. The highest BCUT2D eigenvalue weighted by Crippen LogP contribution is 2.44. The van der Waals surface area contributed by atoms with Crippen molar-refractivity contribution >= 4 is 17.6 Å². The lowest BCUT2D eigenvalue weighted by molar-refractivity contribution is -0.145. The van der Waals surface area contributed by atoms with E-state index in [9.17, 15) is 14.7 Å². The number of rotatable bonds is 2. The quantitative estimate of drug-likeness (QED) is 0.870. The predicted octanol–water partition coefficient (Wildman–Crippen LogP) is 2.86. The average Bonchev–Trinajstić information content (AvgIpc) is 2.47. The molecule has 1 heterocycles. The van der Waals surface area contributed by atoms with Crippen molar-refractivity contribution in [3.63, 3.8) is 0 Å². The van der Waals surface area contributed by atoms with E-state index in [0.29, 0.717) is 25.7 Å². The van der Waals surface area contributed by atoms with Crippen LogP contribution in [0.25, 0.3) is 0 Å². The molecule has 0 unspecified atom stereocenters. The minimum absolute atomic E-state index is 0.0127. The molecule has 20 heavy (non-hydrogen) atoms. The van der Waals surface area contributed by atoms with Gasteiger partial charge in [-0.15, -0.1) is 0 Å². The maximum atomic E-state index is 11.9. The van der Waals surface area contributed by atoms with E-state index >= 15 is 0 Å². The van der Waals surface area contributed by atoms with Gasteiger partial charge in [0.25, 0.3) is 0 Å². The van der Waals surface area contributed by atoms with E-state index in [1.54, 1.807) is 0 Å². The minimum Gasteiger partial charge on any atom is -0.481 e. The fraction of sp³-hybridized carbons (Fsp3) is 0.500. The van der Waals surface area contributed by atoms with Crippen LogP contribution in [0.2, 0.25) is 0 Å². The highest BCUT2D eigenvalue weighted by molar-refractivity contribution is 5.97. The summed E-state index contributed by atoms with van der Waals surface area (Å²) in [7, 11) is 0. The summed E-state index contributed by atoms with van der Waals surface area (Å²) in [6.45, 7) is 0. The van der Waals surface area contributed by atoms with Crippen molar-refractivity contribution in [1.29, 1.82) is 0 Å². The number of aryl methyl sites for hydroxylation is 1. The molecule has 2 N–H and O–H groups in total. The summed E-state index contributed by atoms with van der Waals surface area (Å²) in [5.74, 6) is -0.772. The van der Waals surface area contributed by atoms with Crippen molar-refractivity contribution in [2.24, 2.45) is 0 Å². The smallest absolute Gasteiger partial charge is 0.314 e. The first-order valence-corrected chi connectivity index (χ1v) is 7.29. The van der Waals surface area contributed by atoms with E-state index in [0.717, 1.165) is 36.1 Å². The number of benzene rings is 1. The third-order valence-electron chi connectivity index (χ3n) is 4.67. The molecule has 1 aliphatic carbocycles. The molecular formula is C16H19NO3. The molecule has 0 aromatic heterocycles. The number of carboxylic acid groups (broad SMARTS) is 1. The number of aliphatic carboxylic acids is 1. The van der Waals surface area contributed by atoms with Crippen molar-refractivity contribution in [3.8, 4) is 0 Å². The van der Waals surface area contributed by atoms with Gasteiger partial charge in [-0.05, 0) is 30.4 Å². The summed E-state index contributed by atoms with van der Waals surface area (Å²) >= 11 is 0. The van der Waals surface area contributed by atoms with Crippen molar-refractivity contribution in [1.82, 2.24) is 0 Å². The van der Waals surface area contributed by atoms with E-state index < -0.39 is 11.4 Å². The molecule has 0 saturated heterocycles. The van der Waals surface area contributed by atoms with Gasteiger partial charge in [0.1, 0.15) is 0 Å². The molecule has 0 atom stereocenters. The van der Waals surface area contributed by atoms with Gasteiger partial charge < -0.3 is 10.4 Å². The van der Waals surface area contributed by atoms with Crippen LogP contribution in [0.1, 0.15) is 49.7 Å². The number of hydrogen-bond donors (Lipinski definition) is 2. The highest BCUT2D eigenvalue weighted by Gasteiger charge is 2.43. The maximum Gasteiger partial charge on any atom is 0.314 e. The maximum absolute atomic E-state index is 11.9. The third kappa shape index (κ3) is 1.99. The molecule has 4 nitrogen and oxygen atoms in total. The Hall–Kier alpha value is -1.84. The average molecular weight is 273 g/mol. The summed E-state index contributed by atoms with van der Waals surface area (Å²) in [5, 5.41) is 12.7. The first-order valence-electron chi connectivity index (χ1n) is 7.29. The van der Waals surface area contributed by atoms with Crippen LogP contribution in [0, 0.1) is 0 Å². The molecule has 0 bridgehead atoms. The number of nitrogens with one attached hydrogen (secondary N) is 1. The fourth-order valence-corrected chi connectivity index (χ4v) is 3.56. The molecule has 1 aromatic carbocycles. The zero-order valence-corrected chi connectivity index (χ0v) is 11.4. The third-order valence-corrected chi connectivity index (χ3v) is 4.67. The summed E-state index contributed by atoms with van der Waals surface area (Å²) in [6.07, 6.45) is 5.47. The first kappa shape index (κ1) is 13.2. The Kier molecular flexibility index (Phi) is 3.24. The molecule has 1 aliphatic heterocycles. The van der Waals surface area contributed by atoms with Crippen molar-refractivity contribution in [2.45, 2.75) is 50.4 Å². The van der Waals surface area contributed by atoms with E-state index in [1.807, 2.05) is 18.2 Å². The second-order valence-corrected chi connectivity index (χ2v) is 5.84. The van der Waals surface area contributed by atoms with E-state index in [1.165, 1.54) is 0 Å². The highest BCUT2D eigenvalue weighted by atomic mass is 16.4. The van der Waals surface area contributed by atoms with Crippen molar-refractivity contribution in [2.75, 3.05) is 5.32 Å². The normalized spacial score (nSPS) is 20.9. The molecule has 1 amide bonds. The van der Waals surface area contributed by atoms with Crippen LogP contribution < -0.4 is 5.32 Å². The number of carbonyl (C=O) groups excluding carboxylic acids is 1. The van der Waals surface area contributed by atoms with Gasteiger partial charge in [0, 0.05) is 12.1 Å². The largest absolute Gasteiger partial charge is 0.481 e. The van der Waals surface area contributed by atoms with Crippen LogP contribution >= 0.6 is 0 Å². The monoisotopic (exact) mass is 273 g/mol. The van der Waals surface area contributed by atoms with Gasteiger partial charge in [-0.25, -0.2) is 0 Å². The Balaban J connectivity index is 2.12. The molecule has 2 aliphatic rings. The summed E-state index contributed by atoms with van der Waals surface area (Å²) < 4.78 is 0. The Morgan fingerprint density at radius 2 is 1.90 bits per heavy atom. The Bertz CT molecular complexity index is 559. The Morgan fingerprint density at radius 3 is 2.60 bits per heavy atom. The standard InChI is InChI=1S/C16H19NO3/c18-13-8-7-11-5-4-6-12(14(11)17-13)16(15(19)20)9-2-1-3-10-16/h4-6H,1-3,7-10H2,(H,17,18)(H,19,20). The Morgan fingerprint density at radius 1 is 1.15 bits per heavy atom. The summed E-state index contributed by atoms with van der Waals surface area (Å²) in [6, 6.07) is 5.78. The lowest BCUT2D eigenvalue weighted by atomic mass is 9.68. The summed E-state index contributed by atoms with van der Waals surface area (Å²) in [4.78, 5) is 23.6. The second-order valence-electron chi connectivity index (χ2n) is 5.84. The lowest BCUT2D eigenvalue weighted by Crippen LogP contribution is -2.39. The van der Waals surface area contributed by atoms with Gasteiger partial charge in [0.05, 0.1) is 5.41 Å². The number of anilines is 1. The fourth-order valence-electron chi connectivity index (χ4n) is 3.56. The van der Waals surface area contributed by atoms with Gasteiger partial charge in [0.15, 0.2) is 0 Å². The number of fused-ring (bicyclic) bond motifs is 1. The van der Waals surface area contributed by atoms with E-state index in [2.05, 4.69) is 5.32 Å². The molecular weight excluding hydrogens is 254 g/mol. The molecule has 106 valence electrons. The minimum atomic E-state index is -0.825. The van der Waals surface area contributed by atoms with E-state index in [-0.39, 0.29) is 5.91 Å². The lowest BCUT2D eigenvalue weighted by Gasteiger charge is -2.36. The van der Waals surface area contributed by atoms with Crippen LogP contribution in [0.5, 0.6) is 0 Å². The van der Waals surface area contributed by atoms with Gasteiger partial charge in [-0.2, -0.15) is 0 Å². The van der Waals surface area contributed by atoms with Gasteiger partial charge in [-0.1, -0.05) is 37.5 Å². The molecule has 3 rings (SSSR count). The Labute approximate surface area is 118 Å². The number of carboxylic acids is 1. The molecule has 1 saturated carbocycles. The number of carbonyl (C=O) groups is 2. The molecule has 4 heteroatoms. The second kappa shape index (κ2) is 4.93. The molecule has 0 radical (unpaired) electrons. The topological polar surface area (TPSA) is 66.4 Å². The van der Waals surface area contributed by atoms with Crippen LogP contribution in [0.3, 0.4) is 0 Å². The summed E-state index contributed by atoms with van der Waals surface area (Å²) in [5.41, 5.74) is 1.80. The zero-order chi connectivity index (χ0) is 14.2.